The number of hydrogen-bond donors (Lipinski definition) is 2. The van der Waals surface area contributed by atoms with Gasteiger partial charge in [0.15, 0.2) is 0 Å². The van der Waals surface area contributed by atoms with Crippen molar-refractivity contribution in [1.82, 2.24) is 13.9 Å². The van der Waals surface area contributed by atoms with Crippen molar-refractivity contribution in [2.24, 2.45) is 5.92 Å². The number of fused-ring (bicyclic) bond motifs is 3. The van der Waals surface area contributed by atoms with E-state index in [2.05, 4.69) is 32.4 Å². The number of carbonyl (C=O) groups is 1. The van der Waals surface area contributed by atoms with E-state index < -0.39 is 0 Å². The van der Waals surface area contributed by atoms with Crippen LogP contribution in [0.4, 0.5) is 10.5 Å². The third-order valence-corrected chi connectivity index (χ3v) is 7.27. The van der Waals surface area contributed by atoms with Crippen LogP contribution in [0.15, 0.2) is 6.07 Å². The van der Waals surface area contributed by atoms with Crippen LogP contribution in [0.3, 0.4) is 0 Å². The van der Waals surface area contributed by atoms with Crippen molar-refractivity contribution in [2.45, 2.75) is 44.6 Å². The number of benzene rings is 1. The summed E-state index contributed by atoms with van der Waals surface area (Å²) >= 11 is 1.47. The number of nitrogens with one attached hydrogen (secondary N) is 2. The zero-order valence-corrected chi connectivity index (χ0v) is 15.6. The monoisotopic (exact) mass is 358 g/mol. The Morgan fingerprint density at radius 3 is 2.44 bits per heavy atom. The lowest BCUT2D eigenvalue weighted by Crippen LogP contribution is -2.52. The molecule has 2 N–H and O–H groups in total. The number of amides is 2. The zero-order chi connectivity index (χ0) is 17.0. The zero-order valence-electron chi connectivity index (χ0n) is 14.8. The number of aryl methyl sites for hydroxylation is 2. The van der Waals surface area contributed by atoms with Gasteiger partial charge in [-0.2, -0.15) is 0 Å². The second-order valence-electron chi connectivity index (χ2n) is 8.00. The molecule has 0 spiro atoms. The Hall–Kier alpha value is -1.24. The second kappa shape index (κ2) is 6.18. The summed E-state index contributed by atoms with van der Waals surface area (Å²) in [5.41, 5.74) is 6.83. The molecule has 0 aromatic heterocycles. The predicted molar refractivity (Wildman–Crippen MR) is 102 cm³/mol. The molecular weight excluding hydrogens is 332 g/mol. The third kappa shape index (κ3) is 2.75. The number of likely N-dealkylation sites (tertiary alicyclic amines) is 1. The van der Waals surface area contributed by atoms with E-state index in [1.165, 1.54) is 53.8 Å². The average Bonchev–Trinajstić information content (AvgIpc) is 3.30. The maximum atomic E-state index is 12.5. The highest BCUT2D eigenvalue weighted by Gasteiger charge is 2.43. The molecule has 2 unspecified atom stereocenters. The first-order valence-corrected chi connectivity index (χ1v) is 10.3. The normalized spacial score (nSPS) is 27.6. The number of hydrogen-bond acceptors (Lipinski definition) is 4. The fourth-order valence-corrected chi connectivity index (χ4v) is 5.90. The number of carbonyl (C=O) groups excluding carboxylic acids is 1. The quantitative estimate of drug-likeness (QED) is 0.816. The summed E-state index contributed by atoms with van der Waals surface area (Å²) in [4.78, 5) is 14.9. The Morgan fingerprint density at radius 1 is 1.08 bits per heavy atom. The molecule has 2 aliphatic heterocycles. The van der Waals surface area contributed by atoms with Gasteiger partial charge < -0.3 is 10.2 Å². The van der Waals surface area contributed by atoms with Crippen molar-refractivity contribution in [2.75, 3.05) is 32.0 Å². The van der Waals surface area contributed by atoms with Crippen LogP contribution in [-0.4, -0.2) is 48.0 Å². The van der Waals surface area contributed by atoms with E-state index in [0.29, 0.717) is 6.04 Å². The largest absolute Gasteiger partial charge is 0.330 e. The SMILES string of the molecule is CN1CC2CN(SNC(=O)Nc3c4c(cc5c3CCC5)CCC4)CC21. The molecular formula is C19H26N4OS. The van der Waals surface area contributed by atoms with Crippen LogP contribution in [-0.2, 0) is 25.7 Å². The Bertz CT molecular complexity index is 690. The number of likely N-dealkylation sites (N-methyl/N-ethyl adjacent to an activating group) is 1. The third-order valence-electron chi connectivity index (χ3n) is 6.44. The standard InChI is InChI=1S/C19H26N4OS/c1-22-9-14-10-23(11-17(14)22)25-21-19(24)20-18-15-6-2-4-12(15)8-13-5-3-7-16(13)18/h8,14,17H,2-7,9-11H2,1H3,(H2,20,21,24). The van der Waals surface area contributed by atoms with Crippen molar-refractivity contribution in [3.8, 4) is 0 Å². The minimum Gasteiger partial charge on any atom is -0.307 e. The van der Waals surface area contributed by atoms with Crippen LogP contribution >= 0.6 is 12.1 Å². The van der Waals surface area contributed by atoms with Crippen LogP contribution in [0.25, 0.3) is 0 Å². The smallest absolute Gasteiger partial charge is 0.307 e. The molecule has 2 atom stereocenters. The van der Waals surface area contributed by atoms with E-state index in [-0.39, 0.29) is 6.03 Å². The van der Waals surface area contributed by atoms with Crippen molar-refractivity contribution in [3.63, 3.8) is 0 Å². The van der Waals surface area contributed by atoms with Gasteiger partial charge in [0.25, 0.3) is 0 Å². The first kappa shape index (κ1) is 16.0. The summed E-state index contributed by atoms with van der Waals surface area (Å²) in [7, 11) is 2.19. The first-order chi connectivity index (χ1) is 12.2. The van der Waals surface area contributed by atoms with Crippen LogP contribution in [0, 0.1) is 5.92 Å². The molecule has 1 aromatic rings. The van der Waals surface area contributed by atoms with Gasteiger partial charge in [-0.25, -0.2) is 9.10 Å². The highest BCUT2D eigenvalue weighted by molar-refractivity contribution is 7.95. The van der Waals surface area contributed by atoms with Crippen LogP contribution in [0.2, 0.25) is 0 Å². The molecule has 2 fully saturated rings. The van der Waals surface area contributed by atoms with E-state index in [1.54, 1.807) is 0 Å². The van der Waals surface area contributed by atoms with Gasteiger partial charge in [-0.3, -0.25) is 4.72 Å². The number of rotatable bonds is 3. The maximum absolute atomic E-state index is 12.5. The number of anilines is 1. The highest BCUT2D eigenvalue weighted by Crippen LogP contribution is 2.38. The molecule has 5 nitrogen and oxygen atoms in total. The molecule has 2 saturated heterocycles. The Morgan fingerprint density at radius 2 is 1.80 bits per heavy atom. The van der Waals surface area contributed by atoms with Crippen LogP contribution in [0.1, 0.15) is 35.1 Å². The average molecular weight is 359 g/mol. The van der Waals surface area contributed by atoms with E-state index in [0.717, 1.165) is 50.4 Å². The second-order valence-corrected chi connectivity index (χ2v) is 8.90. The molecule has 0 bridgehead atoms. The Labute approximate surface area is 153 Å². The van der Waals surface area contributed by atoms with E-state index in [9.17, 15) is 4.79 Å². The van der Waals surface area contributed by atoms with E-state index in [4.69, 9.17) is 0 Å². The van der Waals surface area contributed by atoms with Gasteiger partial charge in [-0.15, -0.1) is 0 Å². The molecule has 2 heterocycles. The van der Waals surface area contributed by atoms with Crippen molar-refractivity contribution in [3.05, 3.63) is 28.3 Å². The van der Waals surface area contributed by atoms with E-state index in [1.807, 2.05) is 0 Å². The van der Waals surface area contributed by atoms with Gasteiger partial charge in [-0.1, -0.05) is 6.07 Å². The van der Waals surface area contributed by atoms with E-state index >= 15 is 0 Å². The lowest BCUT2D eigenvalue weighted by Gasteiger charge is -2.40. The molecule has 25 heavy (non-hydrogen) atoms. The lowest BCUT2D eigenvalue weighted by atomic mass is 9.93. The Balaban J connectivity index is 1.24. The molecule has 1 aromatic carbocycles. The molecule has 6 heteroatoms. The summed E-state index contributed by atoms with van der Waals surface area (Å²) in [5, 5.41) is 3.21. The molecule has 0 radical (unpaired) electrons. The van der Waals surface area contributed by atoms with Gasteiger partial charge in [0, 0.05) is 49.4 Å². The summed E-state index contributed by atoms with van der Waals surface area (Å²) in [6, 6.07) is 3.00. The summed E-state index contributed by atoms with van der Waals surface area (Å²) in [6.45, 7) is 3.31. The topological polar surface area (TPSA) is 47.6 Å². The van der Waals surface area contributed by atoms with Crippen LogP contribution in [0.5, 0.6) is 0 Å². The van der Waals surface area contributed by atoms with Gasteiger partial charge in [-0.05, 0) is 67.8 Å². The first-order valence-electron chi connectivity index (χ1n) is 9.54. The van der Waals surface area contributed by atoms with Crippen molar-refractivity contribution in [1.29, 1.82) is 0 Å². The minimum absolute atomic E-state index is 0.0769. The Kier molecular flexibility index (Phi) is 3.95. The molecule has 2 aliphatic carbocycles. The van der Waals surface area contributed by atoms with Gasteiger partial charge in [0.1, 0.15) is 0 Å². The molecule has 134 valence electrons. The maximum Gasteiger partial charge on any atom is 0.330 e. The van der Waals surface area contributed by atoms with Gasteiger partial charge in [0.2, 0.25) is 0 Å². The van der Waals surface area contributed by atoms with Crippen molar-refractivity contribution >= 4 is 23.9 Å². The van der Waals surface area contributed by atoms with Crippen molar-refractivity contribution < 1.29 is 4.79 Å². The fraction of sp³-hybridized carbons (Fsp3) is 0.632. The predicted octanol–water partition coefficient (Wildman–Crippen LogP) is 2.59. The lowest BCUT2D eigenvalue weighted by molar-refractivity contribution is 0.0826. The molecule has 4 aliphatic rings. The molecule has 5 rings (SSSR count). The summed E-state index contributed by atoms with van der Waals surface area (Å²) in [5.74, 6) is 0.781. The van der Waals surface area contributed by atoms with Crippen LogP contribution < -0.4 is 10.0 Å². The summed E-state index contributed by atoms with van der Waals surface area (Å²) in [6.07, 6.45) is 6.97. The highest BCUT2D eigenvalue weighted by atomic mass is 32.2. The molecule has 2 amide bonds. The minimum atomic E-state index is -0.0769. The fourth-order valence-electron chi connectivity index (χ4n) is 5.15. The van der Waals surface area contributed by atoms with Gasteiger partial charge >= 0.3 is 6.03 Å². The molecule has 0 saturated carbocycles. The summed E-state index contributed by atoms with van der Waals surface area (Å²) < 4.78 is 5.30. The number of nitrogens with zero attached hydrogens (tertiary/aromatic N) is 2. The number of urea groups is 1. The van der Waals surface area contributed by atoms with Gasteiger partial charge in [0.05, 0.1) is 0 Å².